The Kier molecular flexibility index (Phi) is 5.85. The molecule has 0 N–H and O–H groups in total. The predicted molar refractivity (Wildman–Crippen MR) is 104 cm³/mol. The van der Waals surface area contributed by atoms with Gasteiger partial charge in [-0.1, -0.05) is 36.8 Å². The molecule has 0 saturated carbocycles. The second-order valence-corrected chi connectivity index (χ2v) is 7.55. The predicted octanol–water partition coefficient (Wildman–Crippen LogP) is 4.42. The Balaban J connectivity index is 1.56. The third-order valence-corrected chi connectivity index (χ3v) is 5.51. The number of likely N-dealkylation sites (tertiary alicyclic amines) is 1. The summed E-state index contributed by atoms with van der Waals surface area (Å²) in [5.41, 5.74) is 6.58. The highest BCUT2D eigenvalue weighted by molar-refractivity contribution is 5.25. The molecular formula is C22H31N3. The van der Waals surface area contributed by atoms with Crippen molar-refractivity contribution in [2.75, 3.05) is 13.1 Å². The first-order chi connectivity index (χ1) is 12.0. The standard InChI is InChI=1S/C22H31N3/c1-5-21-17(3)22(24-18(4)23-21)14-19-10-12-25(13-11-19)15-20-8-6-16(2)7-9-20/h6-9,19H,5,10-15H2,1-4H3. The van der Waals surface area contributed by atoms with E-state index in [1.165, 1.54) is 54.0 Å². The number of benzene rings is 1. The lowest BCUT2D eigenvalue weighted by atomic mass is 9.90. The lowest BCUT2D eigenvalue weighted by Crippen LogP contribution is -2.34. The van der Waals surface area contributed by atoms with E-state index in [-0.39, 0.29) is 0 Å². The first-order valence-corrected chi connectivity index (χ1v) is 9.66. The minimum atomic E-state index is 0.756. The lowest BCUT2D eigenvalue weighted by Gasteiger charge is -2.32. The van der Waals surface area contributed by atoms with Crippen LogP contribution in [0.4, 0.5) is 0 Å². The van der Waals surface area contributed by atoms with Gasteiger partial charge < -0.3 is 0 Å². The first-order valence-electron chi connectivity index (χ1n) is 9.66. The van der Waals surface area contributed by atoms with Gasteiger partial charge in [0.25, 0.3) is 0 Å². The average Bonchev–Trinajstić information content (AvgIpc) is 2.61. The third-order valence-electron chi connectivity index (χ3n) is 5.51. The van der Waals surface area contributed by atoms with Crippen molar-refractivity contribution in [1.29, 1.82) is 0 Å². The van der Waals surface area contributed by atoms with Gasteiger partial charge in [0, 0.05) is 17.9 Å². The summed E-state index contributed by atoms with van der Waals surface area (Å²) in [6.45, 7) is 12.0. The van der Waals surface area contributed by atoms with Crippen LogP contribution in [0, 0.1) is 26.7 Å². The van der Waals surface area contributed by atoms with Crippen molar-refractivity contribution in [1.82, 2.24) is 14.9 Å². The lowest BCUT2D eigenvalue weighted by molar-refractivity contribution is 0.176. The number of hydrogen-bond donors (Lipinski definition) is 0. The van der Waals surface area contributed by atoms with E-state index >= 15 is 0 Å². The second-order valence-electron chi connectivity index (χ2n) is 7.55. The molecule has 1 saturated heterocycles. The maximum atomic E-state index is 4.75. The molecule has 3 heteroatoms. The largest absolute Gasteiger partial charge is 0.299 e. The Labute approximate surface area is 152 Å². The van der Waals surface area contributed by atoms with E-state index in [1.54, 1.807) is 0 Å². The SMILES string of the molecule is CCc1nc(C)nc(CC2CCN(Cc3ccc(C)cc3)CC2)c1C. The second kappa shape index (κ2) is 8.09. The minimum absolute atomic E-state index is 0.756. The molecule has 0 aliphatic carbocycles. The number of piperidine rings is 1. The summed E-state index contributed by atoms with van der Waals surface area (Å²) in [7, 11) is 0. The summed E-state index contributed by atoms with van der Waals surface area (Å²) in [5, 5.41) is 0. The molecule has 1 aromatic carbocycles. The van der Waals surface area contributed by atoms with E-state index in [0.29, 0.717) is 0 Å². The van der Waals surface area contributed by atoms with Gasteiger partial charge in [-0.15, -0.1) is 0 Å². The van der Waals surface area contributed by atoms with Crippen LogP contribution in [0.3, 0.4) is 0 Å². The van der Waals surface area contributed by atoms with E-state index in [2.05, 4.69) is 54.9 Å². The van der Waals surface area contributed by atoms with Crippen LogP contribution in [0.1, 0.15) is 53.7 Å². The van der Waals surface area contributed by atoms with Gasteiger partial charge in [-0.3, -0.25) is 4.90 Å². The Bertz CT molecular complexity index is 698. The molecule has 0 atom stereocenters. The first kappa shape index (κ1) is 18.1. The zero-order valence-corrected chi connectivity index (χ0v) is 16.2. The molecule has 3 nitrogen and oxygen atoms in total. The highest BCUT2D eigenvalue weighted by Crippen LogP contribution is 2.24. The number of aromatic nitrogens is 2. The number of rotatable bonds is 5. The molecule has 2 aromatic rings. The summed E-state index contributed by atoms with van der Waals surface area (Å²) in [6, 6.07) is 8.96. The summed E-state index contributed by atoms with van der Waals surface area (Å²) >= 11 is 0. The van der Waals surface area contributed by atoms with Gasteiger partial charge >= 0.3 is 0 Å². The van der Waals surface area contributed by atoms with Crippen LogP contribution < -0.4 is 0 Å². The van der Waals surface area contributed by atoms with E-state index < -0.39 is 0 Å². The minimum Gasteiger partial charge on any atom is -0.299 e. The molecule has 1 aromatic heterocycles. The molecule has 0 unspecified atom stereocenters. The molecule has 1 aliphatic rings. The summed E-state index contributed by atoms with van der Waals surface area (Å²) in [4.78, 5) is 11.9. The molecule has 0 amide bonds. The molecule has 134 valence electrons. The van der Waals surface area contributed by atoms with Gasteiger partial charge in [-0.05, 0) is 76.6 Å². The molecule has 3 rings (SSSR count). The maximum Gasteiger partial charge on any atom is 0.125 e. The fourth-order valence-corrected chi connectivity index (χ4v) is 3.87. The van der Waals surface area contributed by atoms with Crippen LogP contribution in [0.15, 0.2) is 24.3 Å². The van der Waals surface area contributed by atoms with Gasteiger partial charge in [0.05, 0.1) is 0 Å². The molecule has 0 radical (unpaired) electrons. The van der Waals surface area contributed by atoms with Crippen LogP contribution >= 0.6 is 0 Å². The maximum absolute atomic E-state index is 4.75. The molecule has 1 fully saturated rings. The van der Waals surface area contributed by atoms with Crippen molar-refractivity contribution in [3.8, 4) is 0 Å². The Morgan fingerprint density at radius 3 is 2.24 bits per heavy atom. The number of nitrogens with zero attached hydrogens (tertiary/aromatic N) is 3. The highest BCUT2D eigenvalue weighted by Gasteiger charge is 2.21. The Morgan fingerprint density at radius 2 is 1.60 bits per heavy atom. The number of aryl methyl sites for hydroxylation is 3. The molecule has 1 aliphatic heterocycles. The van der Waals surface area contributed by atoms with Crippen molar-refractivity contribution in [2.45, 2.75) is 59.9 Å². The summed E-state index contributed by atoms with van der Waals surface area (Å²) in [5.74, 6) is 1.68. The molecule has 0 bridgehead atoms. The zero-order chi connectivity index (χ0) is 17.8. The van der Waals surface area contributed by atoms with Crippen molar-refractivity contribution in [3.63, 3.8) is 0 Å². The van der Waals surface area contributed by atoms with Crippen LogP contribution in [0.5, 0.6) is 0 Å². The highest BCUT2D eigenvalue weighted by atomic mass is 15.1. The van der Waals surface area contributed by atoms with Gasteiger partial charge in [0.2, 0.25) is 0 Å². The summed E-state index contributed by atoms with van der Waals surface area (Å²) < 4.78 is 0. The van der Waals surface area contributed by atoms with E-state index in [9.17, 15) is 0 Å². The topological polar surface area (TPSA) is 29.0 Å². The number of hydrogen-bond acceptors (Lipinski definition) is 3. The van der Waals surface area contributed by atoms with E-state index in [0.717, 1.165) is 31.1 Å². The van der Waals surface area contributed by atoms with Crippen LogP contribution in [0.2, 0.25) is 0 Å². The third kappa shape index (κ3) is 4.66. The summed E-state index contributed by atoms with van der Waals surface area (Å²) in [6.07, 6.45) is 4.66. The smallest absolute Gasteiger partial charge is 0.125 e. The molecule has 2 heterocycles. The van der Waals surface area contributed by atoms with Crippen molar-refractivity contribution >= 4 is 0 Å². The fourth-order valence-electron chi connectivity index (χ4n) is 3.87. The van der Waals surface area contributed by atoms with Crippen molar-refractivity contribution in [3.05, 3.63) is 58.2 Å². The van der Waals surface area contributed by atoms with Gasteiger partial charge in [0.15, 0.2) is 0 Å². The van der Waals surface area contributed by atoms with Gasteiger partial charge in [-0.2, -0.15) is 0 Å². The van der Waals surface area contributed by atoms with Crippen LogP contribution in [0.25, 0.3) is 0 Å². The van der Waals surface area contributed by atoms with Gasteiger partial charge in [-0.25, -0.2) is 9.97 Å². The van der Waals surface area contributed by atoms with Crippen LogP contribution in [-0.4, -0.2) is 28.0 Å². The van der Waals surface area contributed by atoms with Crippen molar-refractivity contribution < 1.29 is 0 Å². The van der Waals surface area contributed by atoms with Gasteiger partial charge in [0.1, 0.15) is 5.82 Å². The van der Waals surface area contributed by atoms with E-state index in [1.807, 2.05) is 6.92 Å². The Morgan fingerprint density at radius 1 is 0.960 bits per heavy atom. The molecule has 0 spiro atoms. The molecular weight excluding hydrogens is 306 g/mol. The van der Waals surface area contributed by atoms with Crippen molar-refractivity contribution in [2.24, 2.45) is 5.92 Å². The normalized spacial score (nSPS) is 16.3. The molecule has 25 heavy (non-hydrogen) atoms. The Hall–Kier alpha value is -1.74. The van der Waals surface area contributed by atoms with Crippen LogP contribution in [-0.2, 0) is 19.4 Å². The average molecular weight is 338 g/mol. The zero-order valence-electron chi connectivity index (χ0n) is 16.2. The fraction of sp³-hybridized carbons (Fsp3) is 0.545. The van der Waals surface area contributed by atoms with E-state index in [4.69, 9.17) is 4.98 Å². The quantitative estimate of drug-likeness (QED) is 0.809. The monoisotopic (exact) mass is 337 g/mol.